The van der Waals surface area contributed by atoms with Crippen LogP contribution in [0.15, 0.2) is 22.6 Å². The van der Waals surface area contributed by atoms with Crippen molar-refractivity contribution in [3.05, 3.63) is 24.0 Å². The molecule has 1 aliphatic rings. The maximum absolute atomic E-state index is 13.2. The standard InChI is InChI=1S/C14H15FN2O4/c1-19-9-6-11(13(18)20-2)17(7-9)14-16-10-5-8(15)3-4-12(10)21-14/h3-5,9,11H,6-7H2,1-2H3. The second-order valence-electron chi connectivity index (χ2n) is 4.89. The molecule has 2 atom stereocenters. The van der Waals surface area contributed by atoms with Crippen molar-refractivity contribution in [1.82, 2.24) is 4.98 Å². The van der Waals surface area contributed by atoms with Crippen molar-refractivity contribution in [2.24, 2.45) is 0 Å². The number of methoxy groups -OCH3 is 2. The molecule has 2 heterocycles. The summed E-state index contributed by atoms with van der Waals surface area (Å²) in [5.41, 5.74) is 0.880. The predicted molar refractivity (Wildman–Crippen MR) is 72.5 cm³/mol. The maximum Gasteiger partial charge on any atom is 0.328 e. The van der Waals surface area contributed by atoms with Crippen LogP contribution in [-0.2, 0) is 14.3 Å². The van der Waals surface area contributed by atoms with Crippen LogP contribution in [0, 0.1) is 5.82 Å². The lowest BCUT2D eigenvalue weighted by atomic mass is 10.2. The molecule has 7 heteroatoms. The minimum Gasteiger partial charge on any atom is -0.467 e. The van der Waals surface area contributed by atoms with Gasteiger partial charge in [0.15, 0.2) is 5.58 Å². The average Bonchev–Trinajstić information content (AvgIpc) is 3.09. The predicted octanol–water partition coefficient (Wildman–Crippen LogP) is 1.73. The topological polar surface area (TPSA) is 64.8 Å². The number of nitrogens with zero attached hydrogens (tertiary/aromatic N) is 2. The van der Waals surface area contributed by atoms with Gasteiger partial charge in [0.25, 0.3) is 6.01 Å². The summed E-state index contributed by atoms with van der Waals surface area (Å²) in [6.45, 7) is 0.464. The van der Waals surface area contributed by atoms with Gasteiger partial charge in [-0.15, -0.1) is 0 Å². The second-order valence-corrected chi connectivity index (χ2v) is 4.89. The third-order valence-electron chi connectivity index (χ3n) is 3.65. The van der Waals surface area contributed by atoms with Gasteiger partial charge in [0.2, 0.25) is 0 Å². The number of hydrogen-bond donors (Lipinski definition) is 0. The number of halogens is 1. The summed E-state index contributed by atoms with van der Waals surface area (Å²) in [7, 11) is 2.92. The highest BCUT2D eigenvalue weighted by Gasteiger charge is 2.40. The Hall–Kier alpha value is -2.15. The highest BCUT2D eigenvalue weighted by molar-refractivity contribution is 5.81. The number of carbonyl (C=O) groups is 1. The van der Waals surface area contributed by atoms with Gasteiger partial charge in [0, 0.05) is 26.1 Å². The minimum absolute atomic E-state index is 0.110. The molecule has 1 saturated heterocycles. The molecule has 2 unspecified atom stereocenters. The van der Waals surface area contributed by atoms with Gasteiger partial charge in [-0.05, 0) is 12.1 Å². The van der Waals surface area contributed by atoms with Crippen LogP contribution in [0.25, 0.3) is 11.1 Å². The van der Waals surface area contributed by atoms with Crippen molar-refractivity contribution >= 4 is 23.1 Å². The fourth-order valence-corrected chi connectivity index (χ4v) is 2.55. The van der Waals surface area contributed by atoms with Crippen LogP contribution in [-0.4, -0.2) is 43.9 Å². The number of anilines is 1. The van der Waals surface area contributed by atoms with E-state index < -0.39 is 6.04 Å². The molecule has 0 N–H and O–H groups in total. The Morgan fingerprint density at radius 1 is 1.48 bits per heavy atom. The monoisotopic (exact) mass is 294 g/mol. The molecule has 21 heavy (non-hydrogen) atoms. The van der Waals surface area contributed by atoms with Crippen LogP contribution >= 0.6 is 0 Å². The molecule has 2 aromatic rings. The summed E-state index contributed by atoms with van der Waals surface area (Å²) in [6.07, 6.45) is 0.386. The number of fused-ring (bicyclic) bond motifs is 1. The number of esters is 1. The fraction of sp³-hybridized carbons (Fsp3) is 0.429. The zero-order chi connectivity index (χ0) is 15.0. The molecule has 1 aromatic heterocycles. The third-order valence-corrected chi connectivity index (χ3v) is 3.65. The van der Waals surface area contributed by atoms with Gasteiger partial charge < -0.3 is 18.8 Å². The smallest absolute Gasteiger partial charge is 0.328 e. The van der Waals surface area contributed by atoms with E-state index in [2.05, 4.69) is 4.98 Å². The van der Waals surface area contributed by atoms with E-state index in [9.17, 15) is 9.18 Å². The second kappa shape index (κ2) is 5.33. The number of oxazole rings is 1. The molecule has 112 valence electrons. The van der Waals surface area contributed by atoms with E-state index in [0.29, 0.717) is 24.1 Å². The van der Waals surface area contributed by atoms with E-state index in [1.54, 1.807) is 12.0 Å². The molecule has 0 saturated carbocycles. The van der Waals surface area contributed by atoms with Gasteiger partial charge in [0.05, 0.1) is 13.2 Å². The average molecular weight is 294 g/mol. The largest absolute Gasteiger partial charge is 0.467 e. The molecule has 0 radical (unpaired) electrons. The Labute approximate surface area is 120 Å². The van der Waals surface area contributed by atoms with Gasteiger partial charge in [-0.2, -0.15) is 4.98 Å². The van der Waals surface area contributed by atoms with Gasteiger partial charge in [-0.3, -0.25) is 0 Å². The Balaban J connectivity index is 1.96. The maximum atomic E-state index is 13.2. The minimum atomic E-state index is -0.516. The quantitative estimate of drug-likeness (QED) is 0.803. The molecule has 6 nitrogen and oxygen atoms in total. The van der Waals surface area contributed by atoms with Crippen LogP contribution < -0.4 is 4.90 Å². The van der Waals surface area contributed by atoms with Crippen LogP contribution in [0.2, 0.25) is 0 Å². The highest BCUT2D eigenvalue weighted by atomic mass is 19.1. The van der Waals surface area contributed by atoms with E-state index >= 15 is 0 Å². The zero-order valence-corrected chi connectivity index (χ0v) is 11.7. The van der Waals surface area contributed by atoms with E-state index in [1.807, 2.05) is 0 Å². The van der Waals surface area contributed by atoms with Gasteiger partial charge in [0.1, 0.15) is 17.4 Å². The molecule has 0 aliphatic carbocycles. The van der Waals surface area contributed by atoms with Crippen LogP contribution in [0.5, 0.6) is 0 Å². The Morgan fingerprint density at radius 3 is 3.00 bits per heavy atom. The molecule has 0 spiro atoms. The van der Waals surface area contributed by atoms with E-state index in [1.165, 1.54) is 25.3 Å². The van der Waals surface area contributed by atoms with Crippen LogP contribution in [0.4, 0.5) is 10.4 Å². The van der Waals surface area contributed by atoms with Crippen molar-refractivity contribution in [3.8, 4) is 0 Å². The summed E-state index contributed by atoms with van der Waals surface area (Å²) in [5.74, 6) is -0.758. The number of ether oxygens (including phenoxy) is 2. The first kappa shape index (κ1) is 13.8. The van der Waals surface area contributed by atoms with Crippen LogP contribution in [0.3, 0.4) is 0 Å². The lowest BCUT2D eigenvalue weighted by Gasteiger charge is -2.19. The Bertz CT molecular complexity index is 672. The molecule has 3 rings (SSSR count). The number of carbonyl (C=O) groups excluding carboxylic acids is 1. The Kier molecular flexibility index (Phi) is 3.50. The van der Waals surface area contributed by atoms with Gasteiger partial charge >= 0.3 is 5.97 Å². The molecule has 0 amide bonds. The fourth-order valence-electron chi connectivity index (χ4n) is 2.55. The summed E-state index contributed by atoms with van der Waals surface area (Å²) >= 11 is 0. The first-order valence-electron chi connectivity index (χ1n) is 6.55. The third kappa shape index (κ3) is 2.44. The van der Waals surface area contributed by atoms with Crippen molar-refractivity contribution < 1.29 is 23.1 Å². The number of rotatable bonds is 3. The molecule has 1 fully saturated rings. The highest BCUT2D eigenvalue weighted by Crippen LogP contribution is 2.30. The Morgan fingerprint density at radius 2 is 2.29 bits per heavy atom. The number of aromatic nitrogens is 1. The van der Waals surface area contributed by atoms with E-state index in [4.69, 9.17) is 13.9 Å². The number of benzene rings is 1. The molecule has 0 bridgehead atoms. The van der Waals surface area contributed by atoms with Crippen molar-refractivity contribution in [1.29, 1.82) is 0 Å². The van der Waals surface area contributed by atoms with Crippen LogP contribution in [0.1, 0.15) is 6.42 Å². The summed E-state index contributed by atoms with van der Waals surface area (Å²) < 4.78 is 28.9. The van der Waals surface area contributed by atoms with E-state index in [0.717, 1.165) is 0 Å². The van der Waals surface area contributed by atoms with Crippen molar-refractivity contribution in [2.45, 2.75) is 18.6 Å². The van der Waals surface area contributed by atoms with Crippen molar-refractivity contribution in [2.75, 3.05) is 25.7 Å². The van der Waals surface area contributed by atoms with Gasteiger partial charge in [-0.25, -0.2) is 9.18 Å². The van der Waals surface area contributed by atoms with E-state index in [-0.39, 0.29) is 23.9 Å². The first-order chi connectivity index (χ1) is 10.1. The normalized spacial score (nSPS) is 22.0. The summed E-state index contributed by atoms with van der Waals surface area (Å²) in [4.78, 5) is 17.8. The number of hydrogen-bond acceptors (Lipinski definition) is 6. The van der Waals surface area contributed by atoms with Crippen molar-refractivity contribution in [3.63, 3.8) is 0 Å². The molecular weight excluding hydrogens is 279 g/mol. The zero-order valence-electron chi connectivity index (χ0n) is 11.7. The first-order valence-corrected chi connectivity index (χ1v) is 6.55. The lowest BCUT2D eigenvalue weighted by Crippen LogP contribution is -2.37. The molecule has 1 aromatic carbocycles. The molecule has 1 aliphatic heterocycles. The van der Waals surface area contributed by atoms with Gasteiger partial charge in [-0.1, -0.05) is 0 Å². The lowest BCUT2D eigenvalue weighted by molar-refractivity contribution is -0.142. The SMILES string of the molecule is COC(=O)C1CC(OC)CN1c1nc2cc(F)ccc2o1. The summed E-state index contributed by atoms with van der Waals surface area (Å²) in [6, 6.07) is 3.86. The molecular formula is C14H15FN2O4. The summed E-state index contributed by atoms with van der Waals surface area (Å²) in [5, 5.41) is 0.